The van der Waals surface area contributed by atoms with Gasteiger partial charge in [-0.2, -0.15) is 0 Å². The van der Waals surface area contributed by atoms with Gasteiger partial charge in [0, 0.05) is 37.3 Å². The molecule has 82 valence electrons. The third-order valence-corrected chi connectivity index (χ3v) is 3.62. The van der Waals surface area contributed by atoms with Crippen molar-refractivity contribution in [3.63, 3.8) is 0 Å². The average molecular weight is 213 g/mol. The molecule has 0 fully saturated rings. The lowest BCUT2D eigenvalue weighted by Gasteiger charge is -2.23. The summed E-state index contributed by atoms with van der Waals surface area (Å²) in [5.74, 6) is 0. The Morgan fingerprint density at radius 1 is 1.12 bits per heavy atom. The van der Waals surface area contributed by atoms with E-state index in [0.717, 1.165) is 0 Å². The van der Waals surface area contributed by atoms with E-state index in [9.17, 15) is 0 Å². The van der Waals surface area contributed by atoms with Crippen LogP contribution in [0.2, 0.25) is 0 Å². The number of fused-ring (bicyclic) bond motifs is 3. The quantitative estimate of drug-likeness (QED) is 0.670. The van der Waals surface area contributed by atoms with Crippen LogP contribution in [0.25, 0.3) is 10.8 Å². The second kappa shape index (κ2) is 3.11. The van der Waals surface area contributed by atoms with Crippen molar-refractivity contribution < 1.29 is 0 Å². The molecule has 1 atom stereocenters. The molecular weight excluding hydrogens is 198 g/mol. The van der Waals surface area contributed by atoms with Crippen LogP contribution in [0, 0.1) is 0 Å². The standard InChI is InChI=1S/C13H15N3/c1-9-15(2)12-5-4-10-8-14-7-6-11(10)13(12)16(9)3/h4-9H,1-3H3. The zero-order valence-electron chi connectivity index (χ0n) is 9.81. The van der Waals surface area contributed by atoms with Gasteiger partial charge in [-0.05, 0) is 19.1 Å². The molecule has 1 unspecified atom stereocenters. The van der Waals surface area contributed by atoms with E-state index in [1.165, 1.54) is 22.1 Å². The maximum atomic E-state index is 4.17. The highest BCUT2D eigenvalue weighted by Gasteiger charge is 2.28. The zero-order chi connectivity index (χ0) is 11.3. The molecule has 1 aromatic heterocycles. The molecule has 0 amide bonds. The van der Waals surface area contributed by atoms with Gasteiger partial charge in [-0.3, -0.25) is 4.98 Å². The summed E-state index contributed by atoms with van der Waals surface area (Å²) in [7, 11) is 4.28. The summed E-state index contributed by atoms with van der Waals surface area (Å²) in [6.07, 6.45) is 4.19. The maximum Gasteiger partial charge on any atom is 0.0982 e. The van der Waals surface area contributed by atoms with Gasteiger partial charge in [-0.1, -0.05) is 6.07 Å². The molecule has 0 saturated heterocycles. The second-order valence-corrected chi connectivity index (χ2v) is 4.38. The van der Waals surface area contributed by atoms with Crippen LogP contribution in [0.3, 0.4) is 0 Å². The molecule has 0 N–H and O–H groups in total. The molecule has 0 spiro atoms. The molecule has 2 heterocycles. The molecule has 3 nitrogen and oxygen atoms in total. The van der Waals surface area contributed by atoms with Crippen LogP contribution in [0.4, 0.5) is 11.4 Å². The summed E-state index contributed by atoms with van der Waals surface area (Å²) in [6.45, 7) is 2.22. The third kappa shape index (κ3) is 1.06. The summed E-state index contributed by atoms with van der Waals surface area (Å²) in [6, 6.07) is 6.42. The minimum atomic E-state index is 0.411. The van der Waals surface area contributed by atoms with Crippen molar-refractivity contribution in [2.75, 3.05) is 23.9 Å². The normalized spacial score (nSPS) is 19.3. The van der Waals surface area contributed by atoms with Crippen LogP contribution in [-0.4, -0.2) is 25.2 Å². The van der Waals surface area contributed by atoms with Gasteiger partial charge in [-0.15, -0.1) is 0 Å². The van der Waals surface area contributed by atoms with Crippen molar-refractivity contribution >= 4 is 22.1 Å². The van der Waals surface area contributed by atoms with Crippen molar-refractivity contribution in [1.29, 1.82) is 0 Å². The van der Waals surface area contributed by atoms with Crippen molar-refractivity contribution in [3.05, 3.63) is 30.6 Å². The van der Waals surface area contributed by atoms with Crippen LogP contribution in [-0.2, 0) is 0 Å². The van der Waals surface area contributed by atoms with E-state index in [-0.39, 0.29) is 0 Å². The predicted octanol–water partition coefficient (Wildman–Crippen LogP) is 2.47. The third-order valence-electron chi connectivity index (χ3n) is 3.62. The van der Waals surface area contributed by atoms with Crippen LogP contribution < -0.4 is 9.80 Å². The van der Waals surface area contributed by atoms with Gasteiger partial charge < -0.3 is 9.80 Å². The van der Waals surface area contributed by atoms with Gasteiger partial charge in [0.25, 0.3) is 0 Å². The highest BCUT2D eigenvalue weighted by molar-refractivity contribution is 6.02. The molecule has 1 aliphatic heterocycles. The highest BCUT2D eigenvalue weighted by atomic mass is 15.4. The molecule has 1 aromatic carbocycles. The first-order valence-corrected chi connectivity index (χ1v) is 5.52. The molecule has 0 bridgehead atoms. The second-order valence-electron chi connectivity index (χ2n) is 4.38. The van der Waals surface area contributed by atoms with Crippen LogP contribution in [0.1, 0.15) is 6.92 Å². The Balaban J connectivity index is 2.36. The highest BCUT2D eigenvalue weighted by Crippen LogP contribution is 2.42. The lowest BCUT2D eigenvalue weighted by Crippen LogP contribution is -2.35. The van der Waals surface area contributed by atoms with Crippen molar-refractivity contribution in [3.8, 4) is 0 Å². The van der Waals surface area contributed by atoms with E-state index in [0.29, 0.717) is 6.17 Å². The largest absolute Gasteiger partial charge is 0.353 e. The molecule has 16 heavy (non-hydrogen) atoms. The van der Waals surface area contributed by atoms with E-state index < -0.39 is 0 Å². The van der Waals surface area contributed by atoms with Crippen LogP contribution >= 0.6 is 0 Å². The predicted molar refractivity (Wildman–Crippen MR) is 68.0 cm³/mol. The molecule has 0 saturated carbocycles. The molecule has 0 radical (unpaired) electrons. The number of pyridine rings is 1. The van der Waals surface area contributed by atoms with Gasteiger partial charge in [0.15, 0.2) is 0 Å². The number of hydrogen-bond donors (Lipinski definition) is 0. The van der Waals surface area contributed by atoms with Crippen LogP contribution in [0.15, 0.2) is 30.6 Å². The van der Waals surface area contributed by atoms with E-state index in [2.05, 4.69) is 54.0 Å². The fourth-order valence-corrected chi connectivity index (χ4v) is 2.44. The summed E-state index contributed by atoms with van der Waals surface area (Å²) in [4.78, 5) is 8.79. The lowest BCUT2D eigenvalue weighted by atomic mass is 10.1. The van der Waals surface area contributed by atoms with Crippen molar-refractivity contribution in [1.82, 2.24) is 4.98 Å². The van der Waals surface area contributed by atoms with Gasteiger partial charge in [0.2, 0.25) is 0 Å². The number of hydrogen-bond acceptors (Lipinski definition) is 3. The van der Waals surface area contributed by atoms with Gasteiger partial charge >= 0.3 is 0 Å². The zero-order valence-corrected chi connectivity index (χ0v) is 9.81. The van der Waals surface area contributed by atoms with Crippen molar-refractivity contribution in [2.24, 2.45) is 0 Å². The minimum absolute atomic E-state index is 0.411. The Bertz CT molecular complexity index is 550. The SMILES string of the molecule is CC1N(C)c2ccc3cnccc3c2N1C. The monoisotopic (exact) mass is 213 g/mol. The molecule has 3 heteroatoms. The van der Waals surface area contributed by atoms with E-state index in [1.54, 1.807) is 0 Å². The van der Waals surface area contributed by atoms with E-state index in [1.807, 2.05) is 12.4 Å². The van der Waals surface area contributed by atoms with Gasteiger partial charge in [0.1, 0.15) is 0 Å². The first-order chi connectivity index (χ1) is 7.70. The summed E-state index contributed by atoms with van der Waals surface area (Å²) < 4.78 is 0. The Morgan fingerprint density at radius 3 is 2.75 bits per heavy atom. The molecule has 3 rings (SSSR count). The smallest absolute Gasteiger partial charge is 0.0982 e. The first kappa shape index (κ1) is 9.46. The Morgan fingerprint density at radius 2 is 1.94 bits per heavy atom. The van der Waals surface area contributed by atoms with Gasteiger partial charge in [0.05, 0.1) is 17.5 Å². The Hall–Kier alpha value is -1.77. The number of nitrogens with zero attached hydrogens (tertiary/aromatic N) is 3. The Kier molecular flexibility index (Phi) is 1.84. The maximum absolute atomic E-state index is 4.17. The summed E-state index contributed by atoms with van der Waals surface area (Å²) in [5, 5.41) is 2.49. The fraction of sp³-hybridized carbons (Fsp3) is 0.308. The average Bonchev–Trinajstić information content (AvgIpc) is 2.55. The minimum Gasteiger partial charge on any atom is -0.353 e. The number of aromatic nitrogens is 1. The van der Waals surface area contributed by atoms with E-state index >= 15 is 0 Å². The molecular formula is C13H15N3. The topological polar surface area (TPSA) is 19.4 Å². The van der Waals surface area contributed by atoms with Crippen molar-refractivity contribution in [2.45, 2.75) is 13.1 Å². The first-order valence-electron chi connectivity index (χ1n) is 5.52. The summed E-state index contributed by atoms with van der Waals surface area (Å²) >= 11 is 0. The van der Waals surface area contributed by atoms with Gasteiger partial charge in [-0.25, -0.2) is 0 Å². The number of rotatable bonds is 0. The molecule has 0 aliphatic carbocycles. The summed E-state index contributed by atoms with van der Waals surface area (Å²) in [5.41, 5.74) is 2.61. The lowest BCUT2D eigenvalue weighted by molar-refractivity contribution is 0.710. The fourth-order valence-electron chi connectivity index (χ4n) is 2.44. The number of anilines is 2. The number of benzene rings is 1. The Labute approximate surface area is 95.3 Å². The van der Waals surface area contributed by atoms with Crippen LogP contribution in [0.5, 0.6) is 0 Å². The van der Waals surface area contributed by atoms with E-state index in [4.69, 9.17) is 0 Å². The molecule has 2 aromatic rings. The molecule has 1 aliphatic rings.